The second kappa shape index (κ2) is 6.98. The van der Waals surface area contributed by atoms with Crippen LogP contribution in [0.4, 0.5) is 0 Å². The van der Waals surface area contributed by atoms with E-state index in [1.807, 2.05) is 0 Å². The van der Waals surface area contributed by atoms with Crippen molar-refractivity contribution in [2.24, 2.45) is 11.1 Å². The van der Waals surface area contributed by atoms with E-state index < -0.39 is 10.0 Å². The Morgan fingerprint density at radius 2 is 2.05 bits per heavy atom. The largest absolute Gasteiger partial charge is 0.314 e. The molecule has 1 atom stereocenters. The van der Waals surface area contributed by atoms with Gasteiger partial charge in [0.2, 0.25) is 10.0 Å². The summed E-state index contributed by atoms with van der Waals surface area (Å²) in [4.78, 5) is 4.23. The average molecular weight is 285 g/mol. The summed E-state index contributed by atoms with van der Waals surface area (Å²) in [6, 6.07) is 3.60. The Kier molecular flexibility index (Phi) is 5.90. The molecule has 3 N–H and O–H groups in total. The molecule has 1 aromatic rings. The quantitative estimate of drug-likeness (QED) is 0.790. The molecule has 19 heavy (non-hydrogen) atoms. The van der Waals surface area contributed by atoms with Gasteiger partial charge >= 0.3 is 0 Å². The van der Waals surface area contributed by atoms with Crippen LogP contribution < -0.4 is 10.5 Å². The Labute approximate surface area is 115 Å². The molecule has 0 bridgehead atoms. The number of nitrogens with one attached hydrogen (secondary N) is 1. The molecule has 0 saturated carbocycles. The highest BCUT2D eigenvalue weighted by molar-refractivity contribution is 7.89. The molecule has 0 aliphatic carbocycles. The number of hydrogen-bond acceptors (Lipinski definition) is 4. The SMILES string of the molecule is CCNC(Cc1ccc(S(N)(=O)=O)cn1)CC(C)C. The second-order valence-corrected chi connectivity index (χ2v) is 6.68. The Bertz CT molecular complexity index is 483. The maximum atomic E-state index is 11.1. The molecule has 0 radical (unpaired) electrons. The van der Waals surface area contributed by atoms with Crippen LogP contribution in [0.1, 0.15) is 32.9 Å². The zero-order chi connectivity index (χ0) is 14.5. The zero-order valence-corrected chi connectivity index (χ0v) is 12.6. The fourth-order valence-corrected chi connectivity index (χ4v) is 2.51. The van der Waals surface area contributed by atoms with E-state index >= 15 is 0 Å². The fraction of sp³-hybridized carbons (Fsp3) is 0.615. The number of primary sulfonamides is 1. The van der Waals surface area contributed by atoms with Crippen LogP contribution in [0.15, 0.2) is 23.2 Å². The topological polar surface area (TPSA) is 85.1 Å². The molecule has 0 aliphatic heterocycles. The third-order valence-electron chi connectivity index (χ3n) is 2.83. The molecular formula is C13H23N3O2S. The first-order chi connectivity index (χ1) is 8.82. The van der Waals surface area contributed by atoms with E-state index in [0.29, 0.717) is 12.0 Å². The highest BCUT2D eigenvalue weighted by atomic mass is 32.2. The van der Waals surface area contributed by atoms with Gasteiger partial charge in [-0.3, -0.25) is 4.98 Å². The number of pyridine rings is 1. The first kappa shape index (κ1) is 16.1. The summed E-state index contributed by atoms with van der Waals surface area (Å²) >= 11 is 0. The lowest BCUT2D eigenvalue weighted by Gasteiger charge is -2.19. The molecule has 0 saturated heterocycles. The third-order valence-corrected chi connectivity index (χ3v) is 3.73. The first-order valence-electron chi connectivity index (χ1n) is 6.54. The zero-order valence-electron chi connectivity index (χ0n) is 11.8. The van der Waals surface area contributed by atoms with Gasteiger partial charge in [-0.2, -0.15) is 0 Å². The lowest BCUT2D eigenvalue weighted by Crippen LogP contribution is -2.32. The smallest absolute Gasteiger partial charge is 0.239 e. The molecule has 1 unspecified atom stereocenters. The van der Waals surface area contributed by atoms with Gasteiger partial charge in [0.05, 0.1) is 0 Å². The highest BCUT2D eigenvalue weighted by Crippen LogP contribution is 2.11. The minimum absolute atomic E-state index is 0.0557. The summed E-state index contributed by atoms with van der Waals surface area (Å²) in [5.41, 5.74) is 0.874. The van der Waals surface area contributed by atoms with E-state index in [1.54, 1.807) is 6.07 Å². The number of rotatable bonds is 7. The van der Waals surface area contributed by atoms with Gasteiger partial charge in [-0.15, -0.1) is 0 Å². The number of sulfonamides is 1. The van der Waals surface area contributed by atoms with Crippen LogP contribution in [0.5, 0.6) is 0 Å². The molecule has 0 aromatic carbocycles. The van der Waals surface area contributed by atoms with Crippen molar-refractivity contribution in [3.05, 3.63) is 24.0 Å². The molecule has 6 heteroatoms. The lowest BCUT2D eigenvalue weighted by molar-refractivity contribution is 0.421. The highest BCUT2D eigenvalue weighted by Gasteiger charge is 2.13. The van der Waals surface area contributed by atoms with Crippen molar-refractivity contribution in [3.63, 3.8) is 0 Å². The molecular weight excluding hydrogens is 262 g/mol. The molecule has 108 valence electrons. The normalized spacial score (nSPS) is 13.7. The Balaban J connectivity index is 2.74. The van der Waals surface area contributed by atoms with E-state index in [1.165, 1.54) is 12.3 Å². The maximum Gasteiger partial charge on any atom is 0.239 e. The minimum Gasteiger partial charge on any atom is -0.314 e. The molecule has 0 amide bonds. The first-order valence-corrected chi connectivity index (χ1v) is 8.08. The van der Waals surface area contributed by atoms with E-state index in [9.17, 15) is 8.42 Å². The van der Waals surface area contributed by atoms with E-state index in [0.717, 1.165) is 25.1 Å². The summed E-state index contributed by atoms with van der Waals surface area (Å²) < 4.78 is 22.3. The van der Waals surface area contributed by atoms with Gasteiger partial charge < -0.3 is 5.32 Å². The number of nitrogens with zero attached hydrogens (tertiary/aromatic N) is 1. The van der Waals surface area contributed by atoms with Crippen molar-refractivity contribution in [1.82, 2.24) is 10.3 Å². The predicted molar refractivity (Wildman–Crippen MR) is 76.2 cm³/mol. The Hall–Kier alpha value is -0.980. The standard InChI is InChI=1S/C13H23N3O2S/c1-4-15-12(7-10(2)3)8-11-5-6-13(9-16-11)19(14,17)18/h5-6,9-10,12,15H,4,7-8H2,1-3H3,(H2,14,17,18). The molecule has 1 aromatic heterocycles. The van der Waals surface area contributed by atoms with Crippen molar-refractivity contribution < 1.29 is 8.42 Å². The van der Waals surface area contributed by atoms with Gasteiger partial charge in [-0.1, -0.05) is 20.8 Å². The molecule has 5 nitrogen and oxygen atoms in total. The van der Waals surface area contributed by atoms with Gasteiger partial charge in [0, 0.05) is 24.4 Å². The molecule has 0 aliphatic rings. The summed E-state index contributed by atoms with van der Waals surface area (Å²) in [7, 11) is -3.66. The van der Waals surface area contributed by atoms with Crippen molar-refractivity contribution in [3.8, 4) is 0 Å². The van der Waals surface area contributed by atoms with Crippen LogP contribution >= 0.6 is 0 Å². The van der Waals surface area contributed by atoms with Gasteiger partial charge in [0.25, 0.3) is 0 Å². The van der Waals surface area contributed by atoms with Crippen LogP contribution in [0.3, 0.4) is 0 Å². The summed E-state index contributed by atoms with van der Waals surface area (Å²) in [6.07, 6.45) is 3.17. The fourth-order valence-electron chi connectivity index (χ4n) is 2.05. The molecule has 1 rings (SSSR count). The van der Waals surface area contributed by atoms with Crippen molar-refractivity contribution in [1.29, 1.82) is 0 Å². The monoisotopic (exact) mass is 285 g/mol. The van der Waals surface area contributed by atoms with Crippen LogP contribution in [0.2, 0.25) is 0 Å². The maximum absolute atomic E-state index is 11.1. The second-order valence-electron chi connectivity index (χ2n) is 5.12. The van der Waals surface area contributed by atoms with Gasteiger partial charge in [0.15, 0.2) is 0 Å². The van der Waals surface area contributed by atoms with E-state index in [2.05, 4.69) is 31.1 Å². The van der Waals surface area contributed by atoms with Crippen molar-refractivity contribution >= 4 is 10.0 Å². The van der Waals surface area contributed by atoms with Gasteiger partial charge in [-0.25, -0.2) is 13.6 Å². The van der Waals surface area contributed by atoms with Crippen molar-refractivity contribution in [2.45, 2.75) is 44.6 Å². The number of hydrogen-bond donors (Lipinski definition) is 2. The molecule has 0 fully saturated rings. The summed E-state index contributed by atoms with van der Waals surface area (Å²) in [5.74, 6) is 0.604. The van der Waals surface area contributed by atoms with E-state index in [4.69, 9.17) is 5.14 Å². The summed E-state index contributed by atoms with van der Waals surface area (Å²) in [5, 5.41) is 8.47. The van der Waals surface area contributed by atoms with Crippen LogP contribution in [-0.4, -0.2) is 26.0 Å². The van der Waals surface area contributed by atoms with Gasteiger partial charge in [0.1, 0.15) is 4.90 Å². The van der Waals surface area contributed by atoms with Gasteiger partial charge in [-0.05, 0) is 31.0 Å². The van der Waals surface area contributed by atoms with Crippen molar-refractivity contribution in [2.75, 3.05) is 6.54 Å². The number of likely N-dealkylation sites (N-methyl/N-ethyl adjacent to an activating group) is 1. The lowest BCUT2D eigenvalue weighted by atomic mass is 9.99. The number of aromatic nitrogens is 1. The van der Waals surface area contributed by atoms with Crippen LogP contribution in [0, 0.1) is 5.92 Å². The predicted octanol–water partition coefficient (Wildman–Crippen LogP) is 1.30. The average Bonchev–Trinajstić information content (AvgIpc) is 2.28. The van der Waals surface area contributed by atoms with Crippen LogP contribution in [0.25, 0.3) is 0 Å². The molecule has 1 heterocycles. The third kappa shape index (κ3) is 5.67. The Morgan fingerprint density at radius 3 is 2.47 bits per heavy atom. The molecule has 0 spiro atoms. The Morgan fingerprint density at radius 1 is 1.37 bits per heavy atom. The summed E-state index contributed by atoms with van der Waals surface area (Å²) in [6.45, 7) is 7.35. The van der Waals surface area contributed by atoms with E-state index in [-0.39, 0.29) is 4.90 Å². The van der Waals surface area contributed by atoms with Crippen LogP contribution in [-0.2, 0) is 16.4 Å². The minimum atomic E-state index is -3.66. The number of nitrogens with two attached hydrogens (primary N) is 1.